The molecule has 0 amide bonds. The summed E-state index contributed by atoms with van der Waals surface area (Å²) in [7, 11) is 0. The van der Waals surface area contributed by atoms with Crippen LogP contribution in [-0.2, 0) is 9.47 Å². The molecular weight excluding hydrogens is 348 g/mol. The van der Waals surface area contributed by atoms with Crippen molar-refractivity contribution in [2.45, 2.75) is 26.1 Å². The van der Waals surface area contributed by atoms with E-state index in [-0.39, 0.29) is 5.92 Å². The third-order valence-electron chi connectivity index (χ3n) is 4.10. The Hall–Kier alpha value is -2.55. The molecule has 1 aromatic carbocycles. The van der Waals surface area contributed by atoms with Crippen LogP contribution in [0.15, 0.2) is 48.7 Å². The first-order valence-electron chi connectivity index (χ1n) is 8.98. The van der Waals surface area contributed by atoms with Crippen LogP contribution < -0.4 is 0 Å². The number of hydrogen-bond acceptors (Lipinski definition) is 3. The number of rotatable bonds is 4. The molecular formula is C22H21F2NO2. The Kier molecular flexibility index (Phi) is 6.69. The normalized spacial score (nSPS) is 19.7. The number of aromatic nitrogens is 1. The topological polar surface area (TPSA) is 31.4 Å². The number of ether oxygens (including phenoxy) is 2. The second-order valence-electron chi connectivity index (χ2n) is 6.31. The van der Waals surface area contributed by atoms with Crippen LogP contribution in [0.4, 0.5) is 8.78 Å². The fraction of sp³-hybridized carbons (Fsp3) is 0.318. The van der Waals surface area contributed by atoms with Crippen molar-refractivity contribution in [1.82, 2.24) is 4.98 Å². The largest absolute Gasteiger partial charge is 0.341 e. The van der Waals surface area contributed by atoms with Crippen molar-refractivity contribution in [2.24, 2.45) is 5.92 Å². The SMILES string of the molecule is CCC/C=C/[C@H]1CO[C@H](C#Cc2ccc(-c3ccc(F)c(F)c3)nc2)OC1. The smallest absolute Gasteiger partial charge is 0.222 e. The Morgan fingerprint density at radius 2 is 1.96 bits per heavy atom. The maximum Gasteiger partial charge on any atom is 0.222 e. The van der Waals surface area contributed by atoms with Crippen LogP contribution in [0.25, 0.3) is 11.3 Å². The van der Waals surface area contributed by atoms with Crippen molar-refractivity contribution in [1.29, 1.82) is 0 Å². The minimum absolute atomic E-state index is 0.270. The molecule has 3 rings (SSSR count). The minimum Gasteiger partial charge on any atom is -0.341 e. The lowest BCUT2D eigenvalue weighted by Crippen LogP contribution is -2.30. The number of hydrogen-bond donors (Lipinski definition) is 0. The number of unbranched alkanes of at least 4 members (excludes halogenated alkanes) is 1. The van der Waals surface area contributed by atoms with Crippen molar-refractivity contribution < 1.29 is 18.3 Å². The monoisotopic (exact) mass is 369 g/mol. The molecule has 1 aliphatic rings. The second-order valence-corrected chi connectivity index (χ2v) is 6.31. The van der Waals surface area contributed by atoms with E-state index in [9.17, 15) is 8.78 Å². The Labute approximate surface area is 158 Å². The Morgan fingerprint density at radius 3 is 2.63 bits per heavy atom. The van der Waals surface area contributed by atoms with Gasteiger partial charge >= 0.3 is 0 Å². The maximum absolute atomic E-state index is 13.3. The van der Waals surface area contributed by atoms with Crippen LogP contribution in [0.1, 0.15) is 25.3 Å². The first-order chi connectivity index (χ1) is 13.2. The molecule has 1 aromatic heterocycles. The van der Waals surface area contributed by atoms with Crippen LogP contribution in [0.5, 0.6) is 0 Å². The van der Waals surface area contributed by atoms with Crippen molar-refractivity contribution in [3.05, 3.63) is 65.9 Å². The van der Waals surface area contributed by atoms with Crippen LogP contribution in [0.3, 0.4) is 0 Å². The molecule has 0 spiro atoms. The van der Waals surface area contributed by atoms with Gasteiger partial charge in [-0.2, -0.15) is 0 Å². The molecule has 1 aliphatic heterocycles. The van der Waals surface area contributed by atoms with E-state index in [4.69, 9.17) is 9.47 Å². The van der Waals surface area contributed by atoms with Crippen LogP contribution in [0, 0.1) is 29.4 Å². The summed E-state index contributed by atoms with van der Waals surface area (Å²) in [4.78, 5) is 4.25. The average Bonchev–Trinajstić information content (AvgIpc) is 2.70. The third-order valence-corrected chi connectivity index (χ3v) is 4.10. The van der Waals surface area contributed by atoms with Gasteiger partial charge in [0.15, 0.2) is 11.6 Å². The second kappa shape index (κ2) is 9.40. The van der Waals surface area contributed by atoms with E-state index in [2.05, 4.69) is 35.9 Å². The van der Waals surface area contributed by atoms with E-state index >= 15 is 0 Å². The molecule has 140 valence electrons. The molecule has 2 aromatic rings. The lowest BCUT2D eigenvalue weighted by Gasteiger charge is -2.24. The molecule has 0 atom stereocenters. The van der Waals surface area contributed by atoms with Gasteiger partial charge in [-0.05, 0) is 42.7 Å². The minimum atomic E-state index is -0.896. The molecule has 0 aliphatic carbocycles. The summed E-state index contributed by atoms with van der Waals surface area (Å²) in [6.07, 6.45) is 7.52. The molecule has 3 nitrogen and oxygen atoms in total. The molecule has 0 radical (unpaired) electrons. The number of halogens is 2. The maximum atomic E-state index is 13.3. The van der Waals surface area contributed by atoms with Gasteiger partial charge < -0.3 is 9.47 Å². The lowest BCUT2D eigenvalue weighted by atomic mass is 10.1. The van der Waals surface area contributed by atoms with Gasteiger partial charge in [-0.3, -0.25) is 4.98 Å². The van der Waals surface area contributed by atoms with Gasteiger partial charge in [-0.25, -0.2) is 8.78 Å². The Balaban J connectivity index is 1.57. The zero-order valence-corrected chi connectivity index (χ0v) is 15.1. The summed E-state index contributed by atoms with van der Waals surface area (Å²) >= 11 is 0. The quantitative estimate of drug-likeness (QED) is 0.577. The lowest BCUT2D eigenvalue weighted by molar-refractivity contribution is -0.160. The van der Waals surface area contributed by atoms with Crippen LogP contribution in [0.2, 0.25) is 0 Å². The predicted molar refractivity (Wildman–Crippen MR) is 99.7 cm³/mol. The highest BCUT2D eigenvalue weighted by Crippen LogP contribution is 2.19. The molecule has 1 fully saturated rings. The van der Waals surface area contributed by atoms with E-state index < -0.39 is 17.9 Å². The molecule has 5 heteroatoms. The highest BCUT2D eigenvalue weighted by atomic mass is 19.2. The fourth-order valence-electron chi connectivity index (χ4n) is 2.60. The molecule has 0 N–H and O–H groups in total. The van der Waals surface area contributed by atoms with E-state index in [0.29, 0.717) is 30.0 Å². The van der Waals surface area contributed by atoms with Gasteiger partial charge in [0, 0.05) is 23.2 Å². The number of benzene rings is 1. The fourth-order valence-corrected chi connectivity index (χ4v) is 2.60. The van der Waals surface area contributed by atoms with Gasteiger partial charge in [0.05, 0.1) is 18.9 Å². The third kappa shape index (κ3) is 5.46. The molecule has 0 bridgehead atoms. The van der Waals surface area contributed by atoms with E-state index in [1.165, 1.54) is 6.07 Å². The zero-order valence-electron chi connectivity index (χ0n) is 15.1. The van der Waals surface area contributed by atoms with Crippen LogP contribution >= 0.6 is 0 Å². The molecule has 1 saturated heterocycles. The van der Waals surface area contributed by atoms with E-state index in [1.807, 2.05) is 0 Å². The van der Waals surface area contributed by atoms with Gasteiger partial charge in [0.2, 0.25) is 6.29 Å². The van der Waals surface area contributed by atoms with E-state index in [1.54, 1.807) is 18.3 Å². The summed E-state index contributed by atoms with van der Waals surface area (Å²) in [6, 6.07) is 7.19. The summed E-state index contributed by atoms with van der Waals surface area (Å²) in [5.41, 5.74) is 1.75. The van der Waals surface area contributed by atoms with Crippen molar-refractivity contribution in [2.75, 3.05) is 13.2 Å². The highest BCUT2D eigenvalue weighted by Gasteiger charge is 2.18. The summed E-state index contributed by atoms with van der Waals surface area (Å²) in [5.74, 6) is 4.40. The number of allylic oxidation sites excluding steroid dienone is 1. The van der Waals surface area contributed by atoms with Crippen molar-refractivity contribution in [3.63, 3.8) is 0 Å². The van der Waals surface area contributed by atoms with Gasteiger partial charge in [-0.1, -0.05) is 31.4 Å². The number of pyridine rings is 1. The Bertz CT molecular complexity index is 845. The Morgan fingerprint density at radius 1 is 1.15 bits per heavy atom. The highest BCUT2D eigenvalue weighted by molar-refractivity contribution is 5.59. The first kappa shape index (κ1) is 19.2. The van der Waals surface area contributed by atoms with Gasteiger partial charge in [0.1, 0.15) is 0 Å². The summed E-state index contributed by atoms with van der Waals surface area (Å²) in [6.45, 7) is 3.32. The molecule has 0 saturated carbocycles. The summed E-state index contributed by atoms with van der Waals surface area (Å²) in [5, 5.41) is 0. The number of nitrogens with zero attached hydrogens (tertiary/aromatic N) is 1. The predicted octanol–water partition coefficient (Wildman–Crippen LogP) is 4.72. The molecule has 27 heavy (non-hydrogen) atoms. The van der Waals surface area contributed by atoms with Crippen molar-refractivity contribution >= 4 is 0 Å². The van der Waals surface area contributed by atoms with Crippen LogP contribution in [-0.4, -0.2) is 24.5 Å². The molecule has 0 unspecified atom stereocenters. The first-order valence-corrected chi connectivity index (χ1v) is 8.98. The van der Waals surface area contributed by atoms with Gasteiger partial charge in [0.25, 0.3) is 0 Å². The standard InChI is InChI=1S/C22H21F2NO2/c1-2-3-4-5-17-14-26-22(27-15-17)11-7-16-6-10-21(25-13-16)18-8-9-19(23)20(24)12-18/h4-6,8-10,12-13,17,22H,2-3,14-15H2,1H3/b5-4+/t17-,22-. The molecule has 2 heterocycles. The van der Waals surface area contributed by atoms with Gasteiger partial charge in [-0.15, -0.1) is 0 Å². The summed E-state index contributed by atoms with van der Waals surface area (Å²) < 4.78 is 37.6. The van der Waals surface area contributed by atoms with Crippen molar-refractivity contribution in [3.8, 4) is 23.1 Å². The van der Waals surface area contributed by atoms with E-state index in [0.717, 1.165) is 25.0 Å². The average molecular weight is 369 g/mol. The zero-order chi connectivity index (χ0) is 19.1.